The number of β-amino-alcohol motifs (C(OH)–C–C–N with tert-alkyl or cyclic N) is 1. The van der Waals surface area contributed by atoms with Gasteiger partial charge in [0.15, 0.2) is 0 Å². The van der Waals surface area contributed by atoms with Crippen LogP contribution in [-0.4, -0.2) is 102 Å². The van der Waals surface area contributed by atoms with Crippen LogP contribution < -0.4 is 0 Å². The zero-order valence-corrected chi connectivity index (χ0v) is 13.8. The van der Waals surface area contributed by atoms with Gasteiger partial charge in [-0.2, -0.15) is 0 Å². The molecule has 0 aromatic carbocycles. The van der Waals surface area contributed by atoms with Crippen LogP contribution in [0.25, 0.3) is 0 Å². The molecule has 0 bridgehead atoms. The van der Waals surface area contributed by atoms with Gasteiger partial charge in [-0.15, -0.1) is 0 Å². The Hall–Kier alpha value is -1.18. The summed E-state index contributed by atoms with van der Waals surface area (Å²) < 4.78 is 0. The Labute approximate surface area is 137 Å². The fourth-order valence-corrected chi connectivity index (χ4v) is 3.87. The largest absolute Gasteiger partial charge is 0.395 e. The van der Waals surface area contributed by atoms with Crippen molar-refractivity contribution >= 4 is 11.9 Å². The monoisotopic (exact) mass is 324 g/mol. The van der Waals surface area contributed by atoms with E-state index >= 15 is 0 Å². The Balaban J connectivity index is 1.33. The number of imide groups is 1. The summed E-state index contributed by atoms with van der Waals surface area (Å²) in [6.07, 6.45) is 3.69. The lowest BCUT2D eigenvalue weighted by Crippen LogP contribution is -2.47. The van der Waals surface area contributed by atoms with Crippen LogP contribution in [0.15, 0.2) is 0 Å². The predicted molar refractivity (Wildman–Crippen MR) is 86.0 cm³/mol. The molecule has 7 heteroatoms. The van der Waals surface area contributed by atoms with Gasteiger partial charge in [-0.3, -0.25) is 14.6 Å². The molecule has 1 N–H and O–H groups in total. The second-order valence-corrected chi connectivity index (χ2v) is 6.74. The van der Waals surface area contributed by atoms with Gasteiger partial charge in [0.2, 0.25) is 0 Å². The van der Waals surface area contributed by atoms with Gasteiger partial charge < -0.3 is 14.9 Å². The fourth-order valence-electron chi connectivity index (χ4n) is 3.87. The van der Waals surface area contributed by atoms with Gasteiger partial charge >= 0.3 is 6.03 Å². The first kappa shape index (κ1) is 16.7. The van der Waals surface area contributed by atoms with Crippen LogP contribution in [0.1, 0.15) is 25.7 Å². The van der Waals surface area contributed by atoms with Crippen molar-refractivity contribution in [2.75, 3.05) is 59.0 Å². The number of unbranched alkanes of at least 4 members (excludes halogenated alkanes) is 1. The van der Waals surface area contributed by atoms with Crippen molar-refractivity contribution in [2.24, 2.45) is 0 Å². The quantitative estimate of drug-likeness (QED) is 0.519. The Kier molecular flexibility index (Phi) is 5.50. The number of hydrogen-bond donors (Lipinski definition) is 1. The molecule has 1 atom stereocenters. The number of aliphatic hydroxyl groups excluding tert-OH is 1. The minimum absolute atomic E-state index is 0.0186. The van der Waals surface area contributed by atoms with E-state index in [1.165, 1.54) is 4.90 Å². The molecule has 0 aromatic heterocycles. The summed E-state index contributed by atoms with van der Waals surface area (Å²) in [5.41, 5.74) is 0. The highest BCUT2D eigenvalue weighted by atomic mass is 16.3. The highest BCUT2D eigenvalue weighted by molar-refractivity contribution is 6.04. The molecule has 0 saturated carbocycles. The highest BCUT2D eigenvalue weighted by Gasteiger charge is 2.46. The van der Waals surface area contributed by atoms with Crippen molar-refractivity contribution < 1.29 is 14.7 Å². The zero-order valence-electron chi connectivity index (χ0n) is 13.8. The lowest BCUT2D eigenvalue weighted by molar-refractivity contribution is -0.128. The first-order valence-corrected chi connectivity index (χ1v) is 8.88. The van der Waals surface area contributed by atoms with Gasteiger partial charge in [0.25, 0.3) is 5.91 Å². The van der Waals surface area contributed by atoms with Crippen LogP contribution >= 0.6 is 0 Å². The maximum absolute atomic E-state index is 12.2. The van der Waals surface area contributed by atoms with E-state index in [2.05, 4.69) is 9.80 Å². The Bertz CT molecular complexity index is 415. The number of urea groups is 1. The molecule has 3 saturated heterocycles. The number of fused-ring (bicyclic) bond motifs is 1. The molecule has 0 spiro atoms. The molecule has 130 valence electrons. The van der Waals surface area contributed by atoms with Crippen LogP contribution in [-0.2, 0) is 4.79 Å². The van der Waals surface area contributed by atoms with Gasteiger partial charge in [-0.05, 0) is 32.2 Å². The van der Waals surface area contributed by atoms with Crippen molar-refractivity contribution in [1.82, 2.24) is 19.6 Å². The number of aliphatic hydroxyl groups is 1. The predicted octanol–water partition coefficient (Wildman–Crippen LogP) is -0.197. The summed E-state index contributed by atoms with van der Waals surface area (Å²) in [6.45, 7) is 7.44. The smallest absolute Gasteiger partial charge is 0.327 e. The molecule has 0 aromatic rings. The minimum atomic E-state index is -0.165. The van der Waals surface area contributed by atoms with Crippen molar-refractivity contribution in [3.8, 4) is 0 Å². The minimum Gasteiger partial charge on any atom is -0.395 e. The van der Waals surface area contributed by atoms with Crippen molar-refractivity contribution in [2.45, 2.75) is 31.7 Å². The molecule has 7 nitrogen and oxygen atoms in total. The van der Waals surface area contributed by atoms with Crippen LogP contribution in [0.5, 0.6) is 0 Å². The molecule has 3 rings (SSSR count). The van der Waals surface area contributed by atoms with Crippen LogP contribution in [0.4, 0.5) is 4.79 Å². The van der Waals surface area contributed by atoms with Crippen LogP contribution in [0.2, 0.25) is 0 Å². The number of amides is 3. The molecule has 0 radical (unpaired) electrons. The number of nitrogens with zero attached hydrogens (tertiary/aromatic N) is 4. The average molecular weight is 324 g/mol. The topological polar surface area (TPSA) is 67.3 Å². The summed E-state index contributed by atoms with van der Waals surface area (Å²) in [6, 6.07) is -0.239. The molecule has 3 aliphatic rings. The summed E-state index contributed by atoms with van der Waals surface area (Å²) >= 11 is 0. The van der Waals surface area contributed by atoms with Gasteiger partial charge in [0, 0.05) is 45.8 Å². The third kappa shape index (κ3) is 3.67. The highest BCUT2D eigenvalue weighted by Crippen LogP contribution is 2.27. The number of carbonyl (C=O) groups excluding carboxylic acids is 2. The van der Waals surface area contributed by atoms with Crippen molar-refractivity contribution in [3.63, 3.8) is 0 Å². The van der Waals surface area contributed by atoms with Crippen molar-refractivity contribution in [3.05, 3.63) is 0 Å². The standard InChI is InChI=1S/C16H28N4O3/c21-13-12-18-10-8-17(9-11-18)5-1-2-6-20-15(22)14-4-3-7-19(14)16(20)23/h14,21H,1-13H2/t14-/m1/s1. The van der Waals surface area contributed by atoms with Crippen LogP contribution in [0.3, 0.4) is 0 Å². The molecular formula is C16H28N4O3. The number of piperazine rings is 1. The van der Waals surface area contributed by atoms with E-state index < -0.39 is 0 Å². The van der Waals surface area contributed by atoms with Gasteiger partial charge in [0.05, 0.1) is 6.61 Å². The van der Waals surface area contributed by atoms with E-state index in [4.69, 9.17) is 5.11 Å². The number of rotatable bonds is 7. The number of hydrogen-bond acceptors (Lipinski definition) is 5. The molecule has 23 heavy (non-hydrogen) atoms. The zero-order chi connectivity index (χ0) is 16.2. The number of carbonyl (C=O) groups is 2. The lowest BCUT2D eigenvalue weighted by Gasteiger charge is -2.34. The normalized spacial score (nSPS) is 26.4. The SMILES string of the molecule is O=C1[C@H]2CCCN2C(=O)N1CCCCN1CCN(CCO)CC1. The van der Waals surface area contributed by atoms with E-state index in [0.29, 0.717) is 6.54 Å². The van der Waals surface area contributed by atoms with E-state index in [-0.39, 0.29) is 24.6 Å². The van der Waals surface area contributed by atoms with E-state index in [0.717, 1.165) is 71.5 Å². The third-order valence-corrected chi connectivity index (χ3v) is 5.27. The molecule has 3 amide bonds. The molecule has 3 fully saturated rings. The Morgan fingerprint density at radius 1 is 0.913 bits per heavy atom. The van der Waals surface area contributed by atoms with Crippen LogP contribution in [0, 0.1) is 0 Å². The second-order valence-electron chi connectivity index (χ2n) is 6.74. The molecular weight excluding hydrogens is 296 g/mol. The molecule has 0 aliphatic carbocycles. The Morgan fingerprint density at radius 2 is 1.57 bits per heavy atom. The molecule has 3 aliphatic heterocycles. The van der Waals surface area contributed by atoms with E-state index in [1.807, 2.05) is 0 Å². The molecule has 3 heterocycles. The first-order chi connectivity index (χ1) is 11.2. The first-order valence-electron chi connectivity index (χ1n) is 8.88. The van der Waals surface area contributed by atoms with Gasteiger partial charge in [0.1, 0.15) is 6.04 Å². The average Bonchev–Trinajstić information content (AvgIpc) is 3.12. The maximum Gasteiger partial charge on any atom is 0.327 e. The van der Waals surface area contributed by atoms with Gasteiger partial charge in [-0.25, -0.2) is 4.79 Å². The lowest BCUT2D eigenvalue weighted by atomic mass is 10.2. The van der Waals surface area contributed by atoms with Crippen molar-refractivity contribution in [1.29, 1.82) is 0 Å². The van der Waals surface area contributed by atoms with Gasteiger partial charge in [-0.1, -0.05) is 0 Å². The van der Waals surface area contributed by atoms with E-state index in [1.54, 1.807) is 4.90 Å². The Morgan fingerprint density at radius 3 is 2.22 bits per heavy atom. The summed E-state index contributed by atoms with van der Waals surface area (Å²) in [5.74, 6) is 0.0186. The third-order valence-electron chi connectivity index (χ3n) is 5.27. The summed E-state index contributed by atoms with van der Waals surface area (Å²) in [7, 11) is 0. The fraction of sp³-hybridized carbons (Fsp3) is 0.875. The maximum atomic E-state index is 12.2. The molecule has 0 unspecified atom stereocenters. The second kappa shape index (κ2) is 7.59. The summed E-state index contributed by atoms with van der Waals surface area (Å²) in [4.78, 5) is 32.3. The van der Waals surface area contributed by atoms with E-state index in [9.17, 15) is 9.59 Å². The summed E-state index contributed by atoms with van der Waals surface area (Å²) in [5, 5.41) is 8.95.